The van der Waals surface area contributed by atoms with Gasteiger partial charge in [0.2, 0.25) is 0 Å². The molecule has 0 aliphatic carbocycles. The Balaban J connectivity index is 1.45. The number of fused-ring (bicyclic) bond motifs is 1. The second-order valence-corrected chi connectivity index (χ2v) is 8.62. The monoisotopic (exact) mass is 503 g/mol. The predicted octanol–water partition coefficient (Wildman–Crippen LogP) is 7.39. The summed E-state index contributed by atoms with van der Waals surface area (Å²) in [5, 5.41) is 1.12. The molecule has 0 fully saturated rings. The number of halogens is 6. The number of rotatable bonds is 8. The van der Waals surface area contributed by atoms with Gasteiger partial charge in [0.25, 0.3) is 0 Å². The van der Waals surface area contributed by atoms with Crippen LogP contribution in [-0.4, -0.2) is 12.1 Å². The van der Waals surface area contributed by atoms with E-state index in [4.69, 9.17) is 4.74 Å². The summed E-state index contributed by atoms with van der Waals surface area (Å²) in [6, 6.07) is 14.0. The Hall–Kier alpha value is -3.39. The maximum atomic E-state index is 15.1. The quantitative estimate of drug-likeness (QED) is 0.234. The summed E-state index contributed by atoms with van der Waals surface area (Å²) < 4.78 is 86.1. The van der Waals surface area contributed by atoms with E-state index in [1.54, 1.807) is 31.5 Å². The number of hydrogen-bond donors (Lipinski definition) is 0. The van der Waals surface area contributed by atoms with Gasteiger partial charge in [-0.2, -0.15) is 13.2 Å². The lowest BCUT2D eigenvalue weighted by atomic mass is 9.97. The molecule has 36 heavy (non-hydrogen) atoms. The highest BCUT2D eigenvalue weighted by molar-refractivity contribution is 5.84. The molecule has 0 aliphatic rings. The van der Waals surface area contributed by atoms with Crippen molar-refractivity contribution in [2.45, 2.75) is 38.5 Å². The lowest BCUT2D eigenvalue weighted by Crippen LogP contribution is -2.12. The topological polar surface area (TPSA) is 22.1 Å². The molecule has 0 amide bonds. The number of aryl methyl sites for hydroxylation is 4. The molecule has 8 heteroatoms. The van der Waals surface area contributed by atoms with Gasteiger partial charge in [-0.25, -0.2) is 13.2 Å². The Morgan fingerprint density at radius 2 is 1.44 bits per heavy atom. The maximum Gasteiger partial charge on any atom is 0.422 e. The number of nitrogens with zero attached hydrogens (tertiary/aromatic N) is 1. The Morgan fingerprint density at radius 1 is 0.750 bits per heavy atom. The summed E-state index contributed by atoms with van der Waals surface area (Å²) in [6.45, 7) is 0.504. The number of pyridine rings is 1. The van der Waals surface area contributed by atoms with Crippen LogP contribution in [0.4, 0.5) is 26.3 Å². The summed E-state index contributed by atoms with van der Waals surface area (Å²) in [6.07, 6.45) is -1.83. The molecule has 1 aromatic heterocycles. The van der Waals surface area contributed by atoms with Gasteiger partial charge >= 0.3 is 6.18 Å². The van der Waals surface area contributed by atoms with Gasteiger partial charge in [0, 0.05) is 24.4 Å². The Morgan fingerprint density at radius 3 is 2.08 bits per heavy atom. The van der Waals surface area contributed by atoms with E-state index in [0.29, 0.717) is 35.1 Å². The first-order valence-electron chi connectivity index (χ1n) is 11.3. The molecule has 4 aromatic rings. The SMILES string of the molecule is COCc1ccc(CCc2ccc3c(F)c(CCc4cc(F)c(C(F)(F)F)c(F)c4)ccc3c2)nc1. The fourth-order valence-electron chi connectivity index (χ4n) is 4.18. The van der Waals surface area contributed by atoms with E-state index in [-0.39, 0.29) is 18.4 Å². The first-order valence-corrected chi connectivity index (χ1v) is 11.3. The second kappa shape index (κ2) is 10.7. The van der Waals surface area contributed by atoms with Crippen molar-refractivity contribution in [2.24, 2.45) is 0 Å². The molecular weight excluding hydrogens is 480 g/mol. The van der Waals surface area contributed by atoms with E-state index >= 15 is 4.39 Å². The zero-order chi connectivity index (χ0) is 25.9. The van der Waals surface area contributed by atoms with Crippen LogP contribution < -0.4 is 0 Å². The molecule has 0 atom stereocenters. The zero-order valence-corrected chi connectivity index (χ0v) is 19.4. The van der Waals surface area contributed by atoms with Gasteiger partial charge in [0.15, 0.2) is 0 Å². The normalized spacial score (nSPS) is 11.9. The van der Waals surface area contributed by atoms with Crippen LogP contribution in [0.15, 0.2) is 60.8 Å². The Labute approximate surface area is 204 Å². The Kier molecular flexibility index (Phi) is 7.64. The van der Waals surface area contributed by atoms with Gasteiger partial charge in [-0.15, -0.1) is 0 Å². The van der Waals surface area contributed by atoms with Crippen LogP contribution in [0.3, 0.4) is 0 Å². The first-order chi connectivity index (χ1) is 17.2. The minimum Gasteiger partial charge on any atom is -0.380 e. The van der Waals surface area contributed by atoms with Crippen LogP contribution in [0.2, 0.25) is 0 Å². The van der Waals surface area contributed by atoms with Crippen molar-refractivity contribution in [1.82, 2.24) is 4.98 Å². The number of benzene rings is 3. The van der Waals surface area contributed by atoms with Crippen molar-refractivity contribution in [2.75, 3.05) is 7.11 Å². The average Bonchev–Trinajstić information content (AvgIpc) is 2.82. The maximum absolute atomic E-state index is 15.1. The fraction of sp³-hybridized carbons (Fsp3) is 0.250. The van der Waals surface area contributed by atoms with Crippen LogP contribution in [-0.2, 0) is 43.2 Å². The van der Waals surface area contributed by atoms with Crippen LogP contribution in [0.1, 0.15) is 33.5 Å². The number of methoxy groups -OCH3 is 1. The molecular formula is C28H23F6NO. The molecule has 0 radical (unpaired) electrons. The van der Waals surface area contributed by atoms with Gasteiger partial charge in [-0.05, 0) is 71.5 Å². The van der Waals surface area contributed by atoms with E-state index in [2.05, 4.69) is 4.98 Å². The highest BCUT2D eigenvalue weighted by Crippen LogP contribution is 2.34. The molecule has 0 saturated heterocycles. The molecule has 0 N–H and O–H groups in total. The van der Waals surface area contributed by atoms with Gasteiger partial charge in [0.1, 0.15) is 23.0 Å². The third kappa shape index (κ3) is 5.87. The van der Waals surface area contributed by atoms with Crippen molar-refractivity contribution in [3.05, 3.63) is 112 Å². The molecule has 0 aliphatic heterocycles. The number of ether oxygens (including phenoxy) is 1. The lowest BCUT2D eigenvalue weighted by Gasteiger charge is -2.12. The summed E-state index contributed by atoms with van der Waals surface area (Å²) in [5.74, 6) is -3.81. The van der Waals surface area contributed by atoms with Crippen LogP contribution >= 0.6 is 0 Å². The van der Waals surface area contributed by atoms with Crippen LogP contribution in [0.25, 0.3) is 10.8 Å². The molecule has 3 aromatic carbocycles. The minimum absolute atomic E-state index is 0.0113. The van der Waals surface area contributed by atoms with E-state index in [1.807, 2.05) is 24.3 Å². The molecule has 0 unspecified atom stereocenters. The summed E-state index contributed by atoms with van der Waals surface area (Å²) in [4.78, 5) is 4.43. The van der Waals surface area contributed by atoms with Gasteiger partial charge in [-0.1, -0.05) is 36.4 Å². The third-order valence-corrected chi connectivity index (χ3v) is 6.03. The molecule has 0 saturated carbocycles. The molecule has 2 nitrogen and oxygen atoms in total. The third-order valence-electron chi connectivity index (χ3n) is 6.03. The first kappa shape index (κ1) is 25.7. The largest absolute Gasteiger partial charge is 0.422 e. The lowest BCUT2D eigenvalue weighted by molar-refractivity contribution is -0.142. The van der Waals surface area contributed by atoms with Crippen molar-refractivity contribution in [3.8, 4) is 0 Å². The molecule has 1 heterocycles. The van der Waals surface area contributed by atoms with Crippen LogP contribution in [0, 0.1) is 17.5 Å². The van der Waals surface area contributed by atoms with Gasteiger partial charge < -0.3 is 4.74 Å². The summed E-state index contributed by atoms with van der Waals surface area (Å²) in [5.41, 5.74) is 1.37. The van der Waals surface area contributed by atoms with E-state index in [1.165, 1.54) is 0 Å². The summed E-state index contributed by atoms with van der Waals surface area (Å²) >= 11 is 0. The zero-order valence-electron chi connectivity index (χ0n) is 19.4. The van der Waals surface area contributed by atoms with Crippen molar-refractivity contribution < 1.29 is 31.1 Å². The second-order valence-electron chi connectivity index (χ2n) is 8.62. The van der Waals surface area contributed by atoms with Crippen molar-refractivity contribution in [3.63, 3.8) is 0 Å². The van der Waals surface area contributed by atoms with Crippen LogP contribution in [0.5, 0.6) is 0 Å². The van der Waals surface area contributed by atoms with Crippen molar-refractivity contribution >= 4 is 10.8 Å². The minimum atomic E-state index is -5.12. The molecule has 4 rings (SSSR count). The standard InChI is InChI=1S/C28H23F6NO/c1-36-16-19-4-10-22(35-15-19)9-3-17-5-11-23-21(12-17)8-7-20(27(23)31)6-2-18-13-24(29)26(25(30)14-18)28(32,33)34/h4-5,7-8,10-15H,2-3,6,9,16H2,1H3. The highest BCUT2D eigenvalue weighted by atomic mass is 19.4. The number of hydrogen-bond acceptors (Lipinski definition) is 2. The summed E-state index contributed by atoms with van der Waals surface area (Å²) in [7, 11) is 1.63. The van der Waals surface area contributed by atoms with E-state index < -0.39 is 29.2 Å². The molecule has 0 bridgehead atoms. The predicted molar refractivity (Wildman–Crippen MR) is 125 cm³/mol. The smallest absolute Gasteiger partial charge is 0.380 e. The molecule has 188 valence electrons. The van der Waals surface area contributed by atoms with Crippen molar-refractivity contribution in [1.29, 1.82) is 0 Å². The fourth-order valence-corrected chi connectivity index (χ4v) is 4.18. The highest BCUT2D eigenvalue weighted by Gasteiger charge is 2.37. The molecule has 0 spiro atoms. The average molecular weight is 503 g/mol. The van der Waals surface area contributed by atoms with Gasteiger partial charge in [-0.3, -0.25) is 4.98 Å². The van der Waals surface area contributed by atoms with E-state index in [0.717, 1.165) is 29.7 Å². The number of aromatic nitrogens is 1. The Bertz CT molecular complexity index is 1340. The number of alkyl halides is 3. The van der Waals surface area contributed by atoms with Gasteiger partial charge in [0.05, 0.1) is 6.61 Å². The van der Waals surface area contributed by atoms with E-state index in [9.17, 15) is 22.0 Å².